The summed E-state index contributed by atoms with van der Waals surface area (Å²) in [5, 5.41) is 13.8. The second-order valence-corrected chi connectivity index (χ2v) is 6.66. The van der Waals surface area contributed by atoms with Gasteiger partial charge in [-0.1, -0.05) is 0 Å². The summed E-state index contributed by atoms with van der Waals surface area (Å²) in [6.07, 6.45) is 6.70. The highest BCUT2D eigenvalue weighted by molar-refractivity contribution is 6.11. The van der Waals surface area contributed by atoms with E-state index in [1.54, 1.807) is 6.07 Å². The zero-order valence-electron chi connectivity index (χ0n) is 13.8. The first-order chi connectivity index (χ1) is 11.6. The Balaban J connectivity index is 1.68. The molecule has 2 aliphatic heterocycles. The molecule has 2 heterocycles. The van der Waals surface area contributed by atoms with Crippen molar-refractivity contribution in [1.29, 1.82) is 5.26 Å². The van der Waals surface area contributed by atoms with E-state index in [0.717, 1.165) is 24.0 Å². The van der Waals surface area contributed by atoms with Crippen LogP contribution in [0, 0.1) is 23.1 Å². The maximum absolute atomic E-state index is 13.4. The third kappa shape index (κ3) is 2.44. The van der Waals surface area contributed by atoms with E-state index in [1.165, 1.54) is 25.0 Å². The molecule has 0 amide bonds. The molecule has 122 valence electrons. The van der Waals surface area contributed by atoms with Crippen LogP contribution in [0.15, 0.2) is 46.9 Å². The van der Waals surface area contributed by atoms with Gasteiger partial charge in [0, 0.05) is 23.8 Å². The molecule has 0 radical (unpaired) electrons. The topological polar surface area (TPSA) is 42.6 Å². The Morgan fingerprint density at radius 1 is 1.38 bits per heavy atom. The zero-order chi connectivity index (χ0) is 16.8. The number of allylic oxidation sites excluding steroid dienone is 2. The number of benzene rings is 1. The van der Waals surface area contributed by atoms with Gasteiger partial charge in [0.05, 0.1) is 17.3 Å². The van der Waals surface area contributed by atoms with Crippen LogP contribution in [0.5, 0.6) is 0 Å². The average Bonchev–Trinajstić information content (AvgIpc) is 3.33. The molecule has 0 unspecified atom stereocenters. The first-order valence-electron chi connectivity index (χ1n) is 8.32. The number of rotatable bonds is 3. The van der Waals surface area contributed by atoms with E-state index in [-0.39, 0.29) is 0 Å². The van der Waals surface area contributed by atoms with Crippen LogP contribution in [-0.4, -0.2) is 28.3 Å². The van der Waals surface area contributed by atoms with E-state index >= 15 is 0 Å². The minimum Gasteiger partial charge on any atom is -0.261 e. The summed E-state index contributed by atoms with van der Waals surface area (Å²) < 4.78 is 13.4. The van der Waals surface area contributed by atoms with Crippen LogP contribution in [0.25, 0.3) is 0 Å². The number of hydrogen-bond donors (Lipinski definition) is 0. The summed E-state index contributed by atoms with van der Waals surface area (Å²) in [5.74, 6) is 1.27. The molecule has 0 bridgehead atoms. The molecular weight excluding hydrogens is 303 g/mol. The molecule has 0 saturated heterocycles. The lowest BCUT2D eigenvalue weighted by atomic mass is 10.0. The van der Waals surface area contributed by atoms with Gasteiger partial charge in [0.1, 0.15) is 11.6 Å². The Morgan fingerprint density at radius 3 is 2.88 bits per heavy atom. The van der Waals surface area contributed by atoms with E-state index in [0.29, 0.717) is 22.9 Å². The standard InChI is InChI=1S/C19H19FN4/c1-12-9-18(17-6-5-16(20)10-15(17)11-21)22-19-7-8-23(24(12)19)13(2)14-3-4-14/h5-7,9-10,13-14H,3-4,8H2,1-2H3/t13-/m0/s1. The predicted octanol–water partition coefficient (Wildman–Crippen LogP) is 3.58. The molecule has 0 spiro atoms. The second kappa shape index (κ2) is 5.57. The molecular formula is C19H19FN4. The molecule has 1 aliphatic carbocycles. The maximum atomic E-state index is 13.4. The summed E-state index contributed by atoms with van der Waals surface area (Å²) in [4.78, 5) is 4.73. The smallest absolute Gasteiger partial charge is 0.145 e. The van der Waals surface area contributed by atoms with Crippen LogP contribution in [-0.2, 0) is 0 Å². The van der Waals surface area contributed by atoms with Gasteiger partial charge in [0.15, 0.2) is 0 Å². The molecule has 0 N–H and O–H groups in total. The minimum absolute atomic E-state index is 0.313. The molecule has 1 fully saturated rings. The lowest BCUT2D eigenvalue weighted by molar-refractivity contribution is 0.0236. The zero-order valence-corrected chi connectivity index (χ0v) is 13.8. The average molecular weight is 322 g/mol. The Labute approximate surface area is 141 Å². The second-order valence-electron chi connectivity index (χ2n) is 6.66. The van der Waals surface area contributed by atoms with Crippen LogP contribution in [0.3, 0.4) is 0 Å². The summed E-state index contributed by atoms with van der Waals surface area (Å²) in [5.41, 5.74) is 2.78. The number of aliphatic imine (C=N–C) groups is 1. The molecule has 4 nitrogen and oxygen atoms in total. The van der Waals surface area contributed by atoms with E-state index in [2.05, 4.69) is 36.0 Å². The Kier molecular flexibility index (Phi) is 3.50. The number of hydrazine groups is 1. The molecule has 5 heteroatoms. The number of halogens is 1. The van der Waals surface area contributed by atoms with E-state index in [4.69, 9.17) is 4.99 Å². The molecule has 0 aromatic heterocycles. The Morgan fingerprint density at radius 2 is 2.17 bits per heavy atom. The van der Waals surface area contributed by atoms with Crippen molar-refractivity contribution in [2.75, 3.05) is 6.54 Å². The highest BCUT2D eigenvalue weighted by Gasteiger charge is 2.38. The number of fused-ring (bicyclic) bond motifs is 1. The molecule has 1 atom stereocenters. The van der Waals surface area contributed by atoms with Crippen LogP contribution in [0.4, 0.5) is 4.39 Å². The van der Waals surface area contributed by atoms with Crippen molar-refractivity contribution >= 4 is 5.71 Å². The summed E-state index contributed by atoms with van der Waals surface area (Å²) in [6.45, 7) is 5.17. The van der Waals surface area contributed by atoms with Gasteiger partial charge in [-0.2, -0.15) is 5.26 Å². The Bertz CT molecular complexity index is 826. The van der Waals surface area contributed by atoms with Crippen LogP contribution in [0.1, 0.15) is 37.8 Å². The molecule has 4 rings (SSSR count). The SMILES string of the molecule is CC1=CC(c2ccc(F)cc2C#N)=NC2=CCN([C@@H](C)C3CC3)N12. The predicted molar refractivity (Wildman–Crippen MR) is 90.2 cm³/mol. The summed E-state index contributed by atoms with van der Waals surface area (Å²) >= 11 is 0. The van der Waals surface area contributed by atoms with Crippen molar-refractivity contribution in [3.63, 3.8) is 0 Å². The Hall–Kier alpha value is -2.45. The summed E-state index contributed by atoms with van der Waals surface area (Å²) in [6, 6.07) is 6.83. The van der Waals surface area contributed by atoms with Crippen LogP contribution < -0.4 is 0 Å². The van der Waals surface area contributed by atoms with Crippen molar-refractivity contribution in [1.82, 2.24) is 10.0 Å². The molecule has 1 aromatic carbocycles. The van der Waals surface area contributed by atoms with Crippen molar-refractivity contribution in [3.8, 4) is 6.07 Å². The van der Waals surface area contributed by atoms with Crippen molar-refractivity contribution in [2.45, 2.75) is 32.7 Å². The quantitative estimate of drug-likeness (QED) is 0.854. The lowest BCUT2D eigenvalue weighted by Crippen LogP contribution is -2.44. The van der Waals surface area contributed by atoms with E-state index < -0.39 is 5.82 Å². The highest BCUT2D eigenvalue weighted by atomic mass is 19.1. The molecule has 1 saturated carbocycles. The van der Waals surface area contributed by atoms with Gasteiger partial charge in [-0.3, -0.25) is 5.01 Å². The molecule has 24 heavy (non-hydrogen) atoms. The van der Waals surface area contributed by atoms with Crippen molar-refractivity contribution < 1.29 is 4.39 Å². The number of hydrogen-bond acceptors (Lipinski definition) is 4. The first-order valence-corrected chi connectivity index (χ1v) is 8.32. The van der Waals surface area contributed by atoms with Crippen LogP contribution >= 0.6 is 0 Å². The van der Waals surface area contributed by atoms with Gasteiger partial charge in [0.2, 0.25) is 0 Å². The summed E-state index contributed by atoms with van der Waals surface area (Å²) in [7, 11) is 0. The fourth-order valence-electron chi connectivity index (χ4n) is 3.51. The lowest BCUT2D eigenvalue weighted by Gasteiger charge is -2.37. The van der Waals surface area contributed by atoms with Crippen molar-refractivity contribution in [3.05, 3.63) is 58.8 Å². The largest absolute Gasteiger partial charge is 0.261 e. The maximum Gasteiger partial charge on any atom is 0.145 e. The van der Waals surface area contributed by atoms with E-state index in [9.17, 15) is 9.65 Å². The highest BCUT2D eigenvalue weighted by Crippen LogP contribution is 2.39. The van der Waals surface area contributed by atoms with Gasteiger partial charge in [-0.05, 0) is 63.0 Å². The van der Waals surface area contributed by atoms with Crippen LogP contribution in [0.2, 0.25) is 0 Å². The minimum atomic E-state index is -0.404. The molecule has 3 aliphatic rings. The van der Waals surface area contributed by atoms with Gasteiger partial charge >= 0.3 is 0 Å². The third-order valence-corrected chi connectivity index (χ3v) is 5.00. The van der Waals surface area contributed by atoms with Crippen molar-refractivity contribution in [2.24, 2.45) is 10.9 Å². The van der Waals surface area contributed by atoms with Gasteiger partial charge in [-0.15, -0.1) is 0 Å². The normalized spacial score (nSPS) is 21.6. The van der Waals surface area contributed by atoms with Gasteiger partial charge < -0.3 is 0 Å². The van der Waals surface area contributed by atoms with E-state index in [1.807, 2.05) is 6.08 Å². The van der Waals surface area contributed by atoms with Gasteiger partial charge in [-0.25, -0.2) is 14.4 Å². The van der Waals surface area contributed by atoms with Gasteiger partial charge in [0.25, 0.3) is 0 Å². The number of nitriles is 1. The first kappa shape index (κ1) is 15.1. The third-order valence-electron chi connectivity index (χ3n) is 5.00. The monoisotopic (exact) mass is 322 g/mol. The fraction of sp³-hybridized carbons (Fsp3) is 0.368. The fourth-order valence-corrected chi connectivity index (χ4v) is 3.51. The molecule has 1 aromatic rings. The number of nitrogens with zero attached hydrogens (tertiary/aromatic N) is 4.